The van der Waals surface area contributed by atoms with Gasteiger partial charge in [-0.15, -0.1) is 5.10 Å². The fourth-order valence-corrected chi connectivity index (χ4v) is 4.52. The second-order valence-electron chi connectivity index (χ2n) is 7.23. The molecule has 1 aromatic carbocycles. The Morgan fingerprint density at radius 1 is 1.24 bits per heavy atom. The van der Waals surface area contributed by atoms with Crippen LogP contribution in [0.4, 0.5) is 5.69 Å². The van der Waals surface area contributed by atoms with Crippen molar-refractivity contribution in [2.45, 2.75) is 30.6 Å². The number of phenolic OH excluding ortho intramolecular Hbond substituents is 1. The lowest BCUT2D eigenvalue weighted by molar-refractivity contribution is -0.128. The Morgan fingerprint density at radius 2 is 2.00 bits per heavy atom. The highest BCUT2D eigenvalue weighted by atomic mass is 32.2. The summed E-state index contributed by atoms with van der Waals surface area (Å²) in [6.07, 6.45) is 1.98. The van der Waals surface area contributed by atoms with Crippen molar-refractivity contribution in [2.75, 3.05) is 43.4 Å². The molecule has 1 atom stereocenters. The summed E-state index contributed by atoms with van der Waals surface area (Å²) in [6, 6.07) is 7.11. The maximum absolute atomic E-state index is 12.6. The van der Waals surface area contributed by atoms with Gasteiger partial charge in [0.05, 0.1) is 18.4 Å². The minimum atomic E-state index is -0.266. The third-order valence-corrected chi connectivity index (χ3v) is 6.27. The zero-order valence-corrected chi connectivity index (χ0v) is 16.9. The number of hydrogen-bond acceptors (Lipinski definition) is 7. The number of piperazine rings is 1. The maximum atomic E-state index is 12.6. The summed E-state index contributed by atoms with van der Waals surface area (Å²) in [5.74, 6) is 0.532. The van der Waals surface area contributed by atoms with E-state index in [-0.39, 0.29) is 29.2 Å². The van der Waals surface area contributed by atoms with Crippen LogP contribution in [0.15, 0.2) is 34.2 Å². The summed E-state index contributed by atoms with van der Waals surface area (Å²) in [7, 11) is 0. The predicted octanol–water partition coefficient (Wildman–Crippen LogP) is 0.897. The summed E-state index contributed by atoms with van der Waals surface area (Å²) >= 11 is 1.28. The lowest BCUT2D eigenvalue weighted by Gasteiger charge is -2.36. The number of anilines is 1. The number of ether oxygens (including phenoxy) is 1. The molecule has 2 aliphatic rings. The molecule has 29 heavy (non-hydrogen) atoms. The molecule has 2 aliphatic heterocycles. The molecule has 9 nitrogen and oxygen atoms in total. The van der Waals surface area contributed by atoms with Crippen LogP contribution in [0.1, 0.15) is 12.8 Å². The van der Waals surface area contributed by atoms with E-state index in [4.69, 9.17) is 4.74 Å². The van der Waals surface area contributed by atoms with Crippen molar-refractivity contribution in [3.8, 4) is 5.75 Å². The number of amides is 1. The van der Waals surface area contributed by atoms with E-state index in [1.165, 1.54) is 11.8 Å². The molecule has 10 heteroatoms. The van der Waals surface area contributed by atoms with E-state index in [9.17, 15) is 14.7 Å². The van der Waals surface area contributed by atoms with Crippen LogP contribution >= 0.6 is 11.8 Å². The van der Waals surface area contributed by atoms with E-state index >= 15 is 0 Å². The van der Waals surface area contributed by atoms with Gasteiger partial charge in [-0.3, -0.25) is 9.36 Å². The minimum Gasteiger partial charge on any atom is -0.508 e. The topological polar surface area (TPSA) is 104 Å². The van der Waals surface area contributed by atoms with E-state index in [2.05, 4.69) is 15.1 Å². The highest BCUT2D eigenvalue weighted by Gasteiger charge is 2.23. The SMILES string of the molecule is O=C(CSc1n[nH]c(=O)n1C[C@H]1CCCO1)N1CCN(c2ccc(O)cc2)CC1. The highest BCUT2D eigenvalue weighted by Crippen LogP contribution is 2.21. The Morgan fingerprint density at radius 3 is 2.69 bits per heavy atom. The molecule has 0 spiro atoms. The third kappa shape index (κ3) is 4.76. The van der Waals surface area contributed by atoms with E-state index in [1.807, 2.05) is 17.0 Å². The average Bonchev–Trinajstić information content (AvgIpc) is 3.38. The number of phenols is 1. The highest BCUT2D eigenvalue weighted by molar-refractivity contribution is 7.99. The van der Waals surface area contributed by atoms with Crippen LogP contribution in [0.5, 0.6) is 5.75 Å². The number of nitrogens with one attached hydrogen (secondary N) is 1. The first-order valence-electron chi connectivity index (χ1n) is 9.81. The molecule has 1 amide bonds. The smallest absolute Gasteiger partial charge is 0.344 e. The normalized spacial score (nSPS) is 19.7. The molecule has 2 fully saturated rings. The lowest BCUT2D eigenvalue weighted by atomic mass is 10.2. The third-order valence-electron chi connectivity index (χ3n) is 5.31. The van der Waals surface area contributed by atoms with Gasteiger partial charge in [0.25, 0.3) is 0 Å². The van der Waals surface area contributed by atoms with Crippen LogP contribution in [0.25, 0.3) is 0 Å². The second kappa shape index (κ2) is 8.91. The van der Waals surface area contributed by atoms with Gasteiger partial charge < -0.3 is 19.6 Å². The second-order valence-corrected chi connectivity index (χ2v) is 8.17. The number of thioether (sulfide) groups is 1. The summed E-state index contributed by atoms with van der Waals surface area (Å²) in [5.41, 5.74) is 0.775. The number of benzene rings is 1. The largest absolute Gasteiger partial charge is 0.508 e. The number of aromatic amines is 1. The first kappa shape index (κ1) is 19.8. The summed E-state index contributed by atoms with van der Waals surface area (Å²) in [6.45, 7) is 3.97. The molecule has 2 aromatic rings. The Bertz CT molecular complexity index is 883. The van der Waals surface area contributed by atoms with Crippen LogP contribution in [0.3, 0.4) is 0 Å². The van der Waals surface area contributed by atoms with Crippen molar-refractivity contribution in [3.63, 3.8) is 0 Å². The molecule has 0 aliphatic carbocycles. The molecule has 2 saturated heterocycles. The first-order chi connectivity index (χ1) is 14.1. The van der Waals surface area contributed by atoms with Crippen LogP contribution in [0.2, 0.25) is 0 Å². The molecular weight excluding hydrogens is 394 g/mol. The Hall–Kier alpha value is -2.46. The molecule has 3 heterocycles. The van der Waals surface area contributed by atoms with Crippen molar-refractivity contribution in [1.29, 1.82) is 0 Å². The van der Waals surface area contributed by atoms with Crippen molar-refractivity contribution < 1.29 is 14.6 Å². The maximum Gasteiger partial charge on any atom is 0.344 e. The van der Waals surface area contributed by atoms with Crippen molar-refractivity contribution in [1.82, 2.24) is 19.7 Å². The van der Waals surface area contributed by atoms with E-state index in [1.54, 1.807) is 16.7 Å². The first-order valence-corrected chi connectivity index (χ1v) is 10.8. The van der Waals surface area contributed by atoms with Crippen LogP contribution in [0, 0.1) is 0 Å². The van der Waals surface area contributed by atoms with Crippen molar-refractivity contribution in [3.05, 3.63) is 34.7 Å². The van der Waals surface area contributed by atoms with Crippen molar-refractivity contribution >= 4 is 23.4 Å². The summed E-state index contributed by atoms with van der Waals surface area (Å²) in [4.78, 5) is 28.7. The number of carbonyl (C=O) groups is 1. The zero-order valence-electron chi connectivity index (χ0n) is 16.1. The lowest BCUT2D eigenvalue weighted by Crippen LogP contribution is -2.49. The van der Waals surface area contributed by atoms with Gasteiger partial charge >= 0.3 is 5.69 Å². The molecule has 0 unspecified atom stereocenters. The van der Waals surface area contributed by atoms with Gasteiger partial charge in [-0.25, -0.2) is 9.89 Å². The fourth-order valence-electron chi connectivity index (χ4n) is 3.66. The molecule has 1 aromatic heterocycles. The number of H-pyrrole nitrogens is 1. The molecule has 0 saturated carbocycles. The molecular formula is C19H25N5O4S. The molecule has 0 radical (unpaired) electrons. The van der Waals surface area contributed by atoms with Gasteiger partial charge in [0.1, 0.15) is 5.75 Å². The molecule has 2 N–H and O–H groups in total. The van der Waals surface area contributed by atoms with Gasteiger partial charge in [0.15, 0.2) is 5.16 Å². The van der Waals surface area contributed by atoms with Gasteiger partial charge in [-0.2, -0.15) is 0 Å². The quantitative estimate of drug-likeness (QED) is 0.671. The van der Waals surface area contributed by atoms with E-state index in [0.717, 1.165) is 38.2 Å². The predicted molar refractivity (Wildman–Crippen MR) is 109 cm³/mol. The Kier molecular flexibility index (Phi) is 6.10. The molecule has 0 bridgehead atoms. The number of aromatic nitrogens is 3. The van der Waals surface area contributed by atoms with Gasteiger partial charge in [-0.05, 0) is 37.1 Å². The number of carbonyl (C=O) groups excluding carboxylic acids is 1. The van der Waals surface area contributed by atoms with Gasteiger partial charge in [-0.1, -0.05) is 11.8 Å². The number of aromatic hydroxyl groups is 1. The standard InChI is InChI=1S/C19H25N5O4S/c25-15-5-3-14(4-6-15)22-7-9-23(10-8-22)17(26)13-29-19-21-20-18(27)24(19)12-16-2-1-11-28-16/h3-6,16,25H,1-2,7-13H2,(H,20,27)/t16-/m1/s1. The average molecular weight is 420 g/mol. The number of hydrogen-bond donors (Lipinski definition) is 2. The fraction of sp³-hybridized carbons (Fsp3) is 0.526. The van der Waals surface area contributed by atoms with E-state index < -0.39 is 0 Å². The number of rotatable bonds is 6. The minimum absolute atomic E-state index is 0.0355. The summed E-state index contributed by atoms with van der Waals surface area (Å²) < 4.78 is 7.17. The molecule has 4 rings (SSSR count). The zero-order chi connectivity index (χ0) is 20.2. The Balaban J connectivity index is 1.28. The van der Waals surface area contributed by atoms with Gasteiger partial charge in [0.2, 0.25) is 5.91 Å². The van der Waals surface area contributed by atoms with Crippen LogP contribution in [-0.2, 0) is 16.1 Å². The van der Waals surface area contributed by atoms with E-state index in [0.29, 0.717) is 24.8 Å². The van der Waals surface area contributed by atoms with Crippen molar-refractivity contribution in [2.24, 2.45) is 0 Å². The van der Waals surface area contributed by atoms with Crippen LogP contribution < -0.4 is 10.6 Å². The number of nitrogens with zero attached hydrogens (tertiary/aromatic N) is 4. The Labute approximate surface area is 172 Å². The van der Waals surface area contributed by atoms with Gasteiger partial charge in [0, 0.05) is 38.5 Å². The molecule has 156 valence electrons. The van der Waals surface area contributed by atoms with Crippen LogP contribution in [-0.4, -0.2) is 75.3 Å². The monoisotopic (exact) mass is 419 g/mol. The summed E-state index contributed by atoms with van der Waals surface area (Å²) in [5, 5.41) is 16.5.